The molecule has 160 valence electrons. The van der Waals surface area contributed by atoms with Gasteiger partial charge in [-0.25, -0.2) is 4.98 Å². The highest BCUT2D eigenvalue weighted by molar-refractivity contribution is 5.38. The number of hydrogen-bond acceptors (Lipinski definition) is 6. The van der Waals surface area contributed by atoms with Crippen LogP contribution in [0.5, 0.6) is 5.75 Å². The number of piperazine rings is 1. The van der Waals surface area contributed by atoms with Gasteiger partial charge in [-0.3, -0.25) is 9.80 Å². The Morgan fingerprint density at radius 1 is 1.07 bits per heavy atom. The number of aliphatic hydroxyl groups is 1. The van der Waals surface area contributed by atoms with E-state index in [4.69, 9.17) is 4.74 Å². The highest BCUT2D eigenvalue weighted by atomic mass is 16.5. The average Bonchev–Trinajstić information content (AvgIpc) is 2.79. The quantitative estimate of drug-likeness (QED) is 0.710. The second-order valence-electron chi connectivity index (χ2n) is 8.08. The van der Waals surface area contributed by atoms with E-state index in [0.717, 1.165) is 62.8 Å². The molecule has 3 heterocycles. The molecule has 0 amide bonds. The molecule has 1 aromatic heterocycles. The monoisotopic (exact) mass is 408 g/mol. The van der Waals surface area contributed by atoms with Gasteiger partial charge in [0, 0.05) is 63.6 Å². The Bertz CT molecular complexity index is 808. The van der Waals surface area contributed by atoms with Crippen LogP contribution in [0.25, 0.3) is 0 Å². The molecule has 0 spiro atoms. The van der Waals surface area contributed by atoms with Crippen molar-refractivity contribution in [2.75, 3.05) is 50.8 Å². The minimum absolute atomic E-state index is 0.236. The summed E-state index contributed by atoms with van der Waals surface area (Å²) in [5.74, 6) is 1.95. The van der Waals surface area contributed by atoms with Crippen molar-refractivity contribution in [3.8, 4) is 5.75 Å². The van der Waals surface area contributed by atoms with E-state index < -0.39 is 0 Å². The van der Waals surface area contributed by atoms with Crippen molar-refractivity contribution in [3.63, 3.8) is 0 Å². The number of β-amino-alcohol motifs (C(OH)–C–C–N with tert-alkyl or cyclic N) is 1. The Hall–Kier alpha value is -2.41. The van der Waals surface area contributed by atoms with Gasteiger partial charge >= 0.3 is 0 Å². The van der Waals surface area contributed by atoms with Gasteiger partial charge in [-0.2, -0.15) is 0 Å². The summed E-state index contributed by atoms with van der Waals surface area (Å²) in [7, 11) is 0. The standard InChI is InChI=1S/C24H32N4O2/c1-2-17-30-23-8-4-3-7-20(23)18-26-12-10-21(22(29)19-26)27-13-15-28(16-14-27)24-9-5-6-11-25-24/h2-9,11,21-22,29H,1,10,12-19H2/t21-,22-/m0/s1. The highest BCUT2D eigenvalue weighted by Crippen LogP contribution is 2.25. The number of hydrogen-bond donors (Lipinski definition) is 1. The van der Waals surface area contributed by atoms with E-state index in [1.807, 2.05) is 36.5 Å². The first-order valence-electron chi connectivity index (χ1n) is 10.9. The fourth-order valence-electron chi connectivity index (χ4n) is 4.54. The Labute approximate surface area is 179 Å². The molecule has 0 unspecified atom stereocenters. The van der Waals surface area contributed by atoms with Crippen LogP contribution in [0, 0.1) is 0 Å². The van der Waals surface area contributed by atoms with Gasteiger partial charge in [0.05, 0.1) is 6.10 Å². The number of aromatic nitrogens is 1. The van der Waals surface area contributed by atoms with Crippen molar-refractivity contribution < 1.29 is 9.84 Å². The minimum atomic E-state index is -0.332. The van der Waals surface area contributed by atoms with Crippen LogP contribution in [0.4, 0.5) is 5.82 Å². The van der Waals surface area contributed by atoms with E-state index in [2.05, 4.69) is 38.4 Å². The normalized spacial score (nSPS) is 23.3. The topological polar surface area (TPSA) is 52.1 Å². The second kappa shape index (κ2) is 10.1. The minimum Gasteiger partial charge on any atom is -0.489 e. The Kier molecular flexibility index (Phi) is 7.00. The molecule has 2 saturated heterocycles. The fraction of sp³-hybridized carbons (Fsp3) is 0.458. The SMILES string of the molecule is C=CCOc1ccccc1CN1CC[C@H](N2CCN(c3ccccn3)CC2)[C@@H](O)C1. The van der Waals surface area contributed by atoms with Gasteiger partial charge in [0.15, 0.2) is 0 Å². The highest BCUT2D eigenvalue weighted by Gasteiger charge is 2.34. The van der Waals surface area contributed by atoms with Crippen LogP contribution in [0.3, 0.4) is 0 Å². The molecule has 2 atom stereocenters. The molecule has 2 aromatic rings. The van der Waals surface area contributed by atoms with Crippen molar-refractivity contribution in [1.29, 1.82) is 0 Å². The van der Waals surface area contributed by atoms with Crippen LogP contribution in [-0.2, 0) is 6.54 Å². The molecule has 0 saturated carbocycles. The molecule has 1 N–H and O–H groups in total. The van der Waals surface area contributed by atoms with Gasteiger partial charge in [-0.05, 0) is 24.6 Å². The largest absolute Gasteiger partial charge is 0.489 e. The molecule has 6 heteroatoms. The van der Waals surface area contributed by atoms with Gasteiger partial charge in [0.1, 0.15) is 18.2 Å². The van der Waals surface area contributed by atoms with Crippen molar-refractivity contribution in [1.82, 2.24) is 14.8 Å². The third-order valence-corrected chi connectivity index (χ3v) is 6.11. The number of likely N-dealkylation sites (tertiary alicyclic amines) is 1. The molecule has 2 aliphatic rings. The van der Waals surface area contributed by atoms with E-state index in [1.54, 1.807) is 6.08 Å². The summed E-state index contributed by atoms with van der Waals surface area (Å²) in [5.41, 5.74) is 1.16. The van der Waals surface area contributed by atoms with Crippen molar-refractivity contribution in [2.24, 2.45) is 0 Å². The van der Waals surface area contributed by atoms with Gasteiger partial charge in [-0.1, -0.05) is 36.9 Å². The summed E-state index contributed by atoms with van der Waals surface area (Å²) < 4.78 is 5.79. The van der Waals surface area contributed by atoms with Gasteiger partial charge in [0.25, 0.3) is 0 Å². The Morgan fingerprint density at radius 3 is 2.60 bits per heavy atom. The summed E-state index contributed by atoms with van der Waals surface area (Å²) in [6, 6.07) is 14.4. The first-order valence-corrected chi connectivity index (χ1v) is 10.9. The van der Waals surface area contributed by atoms with E-state index in [9.17, 15) is 5.11 Å². The molecule has 0 aliphatic carbocycles. The molecule has 0 radical (unpaired) electrons. The van der Waals surface area contributed by atoms with Crippen LogP contribution in [0.15, 0.2) is 61.3 Å². The predicted molar refractivity (Wildman–Crippen MR) is 120 cm³/mol. The lowest BCUT2D eigenvalue weighted by atomic mass is 9.98. The van der Waals surface area contributed by atoms with E-state index in [0.29, 0.717) is 13.2 Å². The average molecular weight is 409 g/mol. The number of benzene rings is 1. The molecular weight excluding hydrogens is 376 g/mol. The van der Waals surface area contributed by atoms with Gasteiger partial charge in [-0.15, -0.1) is 0 Å². The van der Waals surface area contributed by atoms with Crippen molar-refractivity contribution in [3.05, 3.63) is 66.9 Å². The van der Waals surface area contributed by atoms with Gasteiger partial charge in [0.2, 0.25) is 0 Å². The molecule has 2 aliphatic heterocycles. The van der Waals surface area contributed by atoms with E-state index in [1.165, 1.54) is 0 Å². The number of piperidine rings is 1. The van der Waals surface area contributed by atoms with E-state index >= 15 is 0 Å². The fourth-order valence-corrected chi connectivity index (χ4v) is 4.54. The zero-order valence-corrected chi connectivity index (χ0v) is 17.6. The molecule has 6 nitrogen and oxygen atoms in total. The van der Waals surface area contributed by atoms with E-state index in [-0.39, 0.29) is 12.1 Å². The lowest BCUT2D eigenvalue weighted by Gasteiger charge is -2.45. The van der Waals surface area contributed by atoms with Crippen LogP contribution in [-0.4, -0.2) is 77.9 Å². The number of aliphatic hydroxyl groups excluding tert-OH is 1. The zero-order chi connectivity index (χ0) is 20.8. The smallest absolute Gasteiger partial charge is 0.128 e. The van der Waals surface area contributed by atoms with Crippen molar-refractivity contribution >= 4 is 5.82 Å². The number of nitrogens with zero attached hydrogens (tertiary/aromatic N) is 4. The Balaban J connectivity index is 1.29. The first-order chi connectivity index (χ1) is 14.7. The summed E-state index contributed by atoms with van der Waals surface area (Å²) >= 11 is 0. The number of anilines is 1. The number of pyridine rings is 1. The number of ether oxygens (including phenoxy) is 1. The second-order valence-corrected chi connectivity index (χ2v) is 8.08. The molecular formula is C24H32N4O2. The third kappa shape index (κ3) is 5.01. The van der Waals surface area contributed by atoms with Gasteiger partial charge < -0.3 is 14.7 Å². The molecule has 1 aromatic carbocycles. The van der Waals surface area contributed by atoms with Crippen LogP contribution in [0.2, 0.25) is 0 Å². The summed E-state index contributed by atoms with van der Waals surface area (Å²) in [5, 5.41) is 10.9. The van der Waals surface area contributed by atoms with Crippen LogP contribution < -0.4 is 9.64 Å². The Morgan fingerprint density at radius 2 is 1.87 bits per heavy atom. The molecule has 2 fully saturated rings. The molecule has 4 rings (SSSR count). The predicted octanol–water partition coefficient (Wildman–Crippen LogP) is 2.40. The van der Waals surface area contributed by atoms with Crippen molar-refractivity contribution in [2.45, 2.75) is 25.1 Å². The maximum atomic E-state index is 10.9. The summed E-state index contributed by atoms with van der Waals surface area (Å²) in [6.07, 6.45) is 4.27. The first kappa shape index (κ1) is 20.8. The lowest BCUT2D eigenvalue weighted by molar-refractivity contribution is -0.0173. The summed E-state index contributed by atoms with van der Waals surface area (Å²) in [6.45, 7) is 10.6. The molecule has 30 heavy (non-hydrogen) atoms. The van der Waals surface area contributed by atoms with Crippen LogP contribution in [0.1, 0.15) is 12.0 Å². The lowest BCUT2D eigenvalue weighted by Crippen LogP contribution is -2.58. The zero-order valence-electron chi connectivity index (χ0n) is 17.6. The third-order valence-electron chi connectivity index (χ3n) is 6.11. The number of rotatable bonds is 7. The maximum absolute atomic E-state index is 10.9. The maximum Gasteiger partial charge on any atom is 0.128 e. The molecule has 0 bridgehead atoms. The van der Waals surface area contributed by atoms with Crippen LogP contribution >= 0.6 is 0 Å². The number of para-hydroxylation sites is 1. The summed E-state index contributed by atoms with van der Waals surface area (Å²) in [4.78, 5) is 11.6.